The lowest BCUT2D eigenvalue weighted by atomic mass is 10.3. The van der Waals surface area contributed by atoms with Crippen molar-refractivity contribution in [1.82, 2.24) is 4.98 Å². The quantitative estimate of drug-likeness (QED) is 0.751. The number of azo groups is 1. The molecule has 0 fully saturated rings. The molecule has 0 spiro atoms. The van der Waals surface area contributed by atoms with Crippen LogP contribution in [0.15, 0.2) is 52.8 Å². The van der Waals surface area contributed by atoms with Crippen LogP contribution >= 0.6 is 12.4 Å². The molecule has 0 aliphatic rings. The molecule has 4 nitrogen and oxygen atoms in total. The van der Waals surface area contributed by atoms with Gasteiger partial charge in [-0.2, -0.15) is 5.11 Å². The van der Waals surface area contributed by atoms with Crippen molar-refractivity contribution < 1.29 is 0 Å². The SMILES string of the molecule is Cl.Nc1[nH]ccc1N=Nc1ccccc1. The molecular formula is C10H11ClN4. The number of benzene rings is 1. The highest BCUT2D eigenvalue weighted by molar-refractivity contribution is 5.85. The van der Waals surface area contributed by atoms with Crippen molar-refractivity contribution in [3.63, 3.8) is 0 Å². The van der Waals surface area contributed by atoms with Crippen LogP contribution in [0.25, 0.3) is 0 Å². The number of rotatable bonds is 2. The number of nitrogens with zero attached hydrogens (tertiary/aromatic N) is 2. The van der Waals surface area contributed by atoms with E-state index in [0.717, 1.165) is 5.69 Å². The van der Waals surface area contributed by atoms with Gasteiger partial charge in [0.25, 0.3) is 0 Å². The largest absolute Gasteiger partial charge is 0.383 e. The molecule has 1 aromatic carbocycles. The first-order valence-electron chi connectivity index (χ1n) is 4.26. The Morgan fingerprint density at radius 1 is 1.00 bits per heavy atom. The van der Waals surface area contributed by atoms with Gasteiger partial charge in [0.05, 0.1) is 5.69 Å². The number of halogens is 1. The van der Waals surface area contributed by atoms with Crippen molar-refractivity contribution >= 4 is 29.6 Å². The minimum absolute atomic E-state index is 0. The smallest absolute Gasteiger partial charge is 0.128 e. The lowest BCUT2D eigenvalue weighted by Crippen LogP contribution is -1.81. The molecule has 0 aliphatic carbocycles. The molecule has 3 N–H and O–H groups in total. The van der Waals surface area contributed by atoms with Crippen molar-refractivity contribution in [1.29, 1.82) is 0 Å². The van der Waals surface area contributed by atoms with E-state index < -0.39 is 0 Å². The number of aromatic nitrogens is 1. The molecular weight excluding hydrogens is 212 g/mol. The monoisotopic (exact) mass is 222 g/mol. The number of nitrogens with one attached hydrogen (secondary N) is 1. The average molecular weight is 223 g/mol. The van der Waals surface area contributed by atoms with Crippen molar-refractivity contribution in [2.75, 3.05) is 5.73 Å². The Labute approximate surface area is 93.6 Å². The van der Waals surface area contributed by atoms with Gasteiger partial charge >= 0.3 is 0 Å². The van der Waals surface area contributed by atoms with Gasteiger partial charge in [-0.05, 0) is 18.2 Å². The molecule has 5 heteroatoms. The van der Waals surface area contributed by atoms with Gasteiger partial charge in [0.1, 0.15) is 11.5 Å². The summed E-state index contributed by atoms with van der Waals surface area (Å²) >= 11 is 0. The molecule has 2 aromatic rings. The summed E-state index contributed by atoms with van der Waals surface area (Å²) in [6, 6.07) is 11.3. The molecule has 0 atom stereocenters. The summed E-state index contributed by atoms with van der Waals surface area (Å²) in [4.78, 5) is 2.83. The van der Waals surface area contributed by atoms with Crippen molar-refractivity contribution in [3.05, 3.63) is 42.6 Å². The summed E-state index contributed by atoms with van der Waals surface area (Å²) in [5.41, 5.74) is 7.07. The highest BCUT2D eigenvalue weighted by Crippen LogP contribution is 2.22. The van der Waals surface area contributed by atoms with E-state index in [1.165, 1.54) is 0 Å². The van der Waals surface area contributed by atoms with Gasteiger partial charge < -0.3 is 10.7 Å². The van der Waals surface area contributed by atoms with E-state index in [1.807, 2.05) is 30.3 Å². The summed E-state index contributed by atoms with van der Waals surface area (Å²) in [6.45, 7) is 0. The maximum Gasteiger partial charge on any atom is 0.128 e. The van der Waals surface area contributed by atoms with Crippen LogP contribution in [0.2, 0.25) is 0 Å². The van der Waals surface area contributed by atoms with Crippen LogP contribution in [-0.2, 0) is 0 Å². The standard InChI is InChI=1S/C10H10N4.ClH/c11-10-9(6-7-12-10)14-13-8-4-2-1-3-5-8;/h1-7,12H,11H2;1H. The second-order valence-electron chi connectivity index (χ2n) is 2.81. The average Bonchev–Trinajstić information content (AvgIpc) is 2.63. The van der Waals surface area contributed by atoms with Crippen molar-refractivity contribution in [3.8, 4) is 0 Å². The normalized spacial score (nSPS) is 10.1. The van der Waals surface area contributed by atoms with Crippen LogP contribution in [0.3, 0.4) is 0 Å². The Morgan fingerprint density at radius 2 is 1.73 bits per heavy atom. The predicted octanol–water partition coefficient (Wildman–Crippen LogP) is 3.43. The third-order valence-corrected chi connectivity index (χ3v) is 1.79. The second-order valence-corrected chi connectivity index (χ2v) is 2.81. The van der Waals surface area contributed by atoms with Gasteiger partial charge in [0.15, 0.2) is 0 Å². The van der Waals surface area contributed by atoms with E-state index in [1.54, 1.807) is 12.3 Å². The van der Waals surface area contributed by atoms with E-state index in [4.69, 9.17) is 5.73 Å². The zero-order valence-corrected chi connectivity index (χ0v) is 8.74. The van der Waals surface area contributed by atoms with Gasteiger partial charge in [-0.15, -0.1) is 17.5 Å². The van der Waals surface area contributed by atoms with Crippen LogP contribution in [0, 0.1) is 0 Å². The maximum atomic E-state index is 5.60. The Hall–Kier alpha value is -1.81. The lowest BCUT2D eigenvalue weighted by molar-refractivity contribution is 1.23. The number of nitrogen functional groups attached to an aromatic ring is 1. The zero-order valence-electron chi connectivity index (χ0n) is 7.92. The van der Waals surface area contributed by atoms with E-state index in [9.17, 15) is 0 Å². The molecule has 15 heavy (non-hydrogen) atoms. The molecule has 0 saturated heterocycles. The van der Waals surface area contributed by atoms with Crippen LogP contribution in [0.5, 0.6) is 0 Å². The van der Waals surface area contributed by atoms with Crippen LogP contribution in [0.1, 0.15) is 0 Å². The summed E-state index contributed by atoms with van der Waals surface area (Å²) in [5, 5.41) is 8.04. The van der Waals surface area contributed by atoms with Gasteiger partial charge in [-0.3, -0.25) is 0 Å². The number of aromatic amines is 1. The first-order valence-corrected chi connectivity index (χ1v) is 4.26. The molecule has 1 aromatic heterocycles. The molecule has 0 radical (unpaired) electrons. The van der Waals surface area contributed by atoms with E-state index in [0.29, 0.717) is 11.5 Å². The third-order valence-electron chi connectivity index (χ3n) is 1.79. The molecule has 0 bridgehead atoms. The number of nitrogens with two attached hydrogens (primary N) is 1. The molecule has 0 amide bonds. The van der Waals surface area contributed by atoms with Gasteiger partial charge in [-0.25, -0.2) is 0 Å². The van der Waals surface area contributed by atoms with Crippen molar-refractivity contribution in [2.24, 2.45) is 10.2 Å². The van der Waals surface area contributed by atoms with Crippen molar-refractivity contribution in [2.45, 2.75) is 0 Å². The number of hydrogen-bond acceptors (Lipinski definition) is 3. The summed E-state index contributed by atoms with van der Waals surface area (Å²) < 4.78 is 0. The van der Waals surface area contributed by atoms with Gasteiger partial charge in [0.2, 0.25) is 0 Å². The number of H-pyrrole nitrogens is 1. The first-order chi connectivity index (χ1) is 6.86. The molecule has 2 rings (SSSR count). The van der Waals surface area contributed by atoms with E-state index in [2.05, 4.69) is 15.2 Å². The van der Waals surface area contributed by atoms with Crippen LogP contribution in [-0.4, -0.2) is 4.98 Å². The summed E-state index contributed by atoms with van der Waals surface area (Å²) in [7, 11) is 0. The predicted molar refractivity (Wildman–Crippen MR) is 63.1 cm³/mol. The summed E-state index contributed by atoms with van der Waals surface area (Å²) in [6.07, 6.45) is 1.73. The molecule has 1 heterocycles. The fourth-order valence-electron chi connectivity index (χ4n) is 1.07. The fourth-order valence-corrected chi connectivity index (χ4v) is 1.07. The lowest BCUT2D eigenvalue weighted by Gasteiger charge is -1.90. The fraction of sp³-hybridized carbons (Fsp3) is 0. The number of hydrogen-bond donors (Lipinski definition) is 2. The molecule has 0 saturated carbocycles. The molecule has 0 unspecified atom stereocenters. The minimum Gasteiger partial charge on any atom is -0.383 e. The Kier molecular flexibility index (Phi) is 3.88. The third kappa shape index (κ3) is 2.82. The first kappa shape index (κ1) is 11.3. The Bertz CT molecular complexity index is 436. The second kappa shape index (κ2) is 5.17. The molecule has 0 aliphatic heterocycles. The van der Waals surface area contributed by atoms with Crippen LogP contribution in [0.4, 0.5) is 17.2 Å². The highest BCUT2D eigenvalue weighted by Gasteiger charge is 1.95. The minimum atomic E-state index is 0. The maximum absolute atomic E-state index is 5.60. The van der Waals surface area contributed by atoms with Gasteiger partial charge in [0, 0.05) is 6.20 Å². The number of anilines is 1. The van der Waals surface area contributed by atoms with E-state index >= 15 is 0 Å². The van der Waals surface area contributed by atoms with E-state index in [-0.39, 0.29) is 12.4 Å². The Morgan fingerprint density at radius 3 is 2.33 bits per heavy atom. The van der Waals surface area contributed by atoms with Crippen LogP contribution < -0.4 is 5.73 Å². The Balaban J connectivity index is 0.00000112. The molecule has 78 valence electrons. The topological polar surface area (TPSA) is 66.5 Å². The highest BCUT2D eigenvalue weighted by atomic mass is 35.5. The zero-order chi connectivity index (χ0) is 9.80. The van der Waals surface area contributed by atoms with Gasteiger partial charge in [-0.1, -0.05) is 18.2 Å². The summed E-state index contributed by atoms with van der Waals surface area (Å²) in [5.74, 6) is 0.532.